The lowest BCUT2D eigenvalue weighted by Gasteiger charge is -2.26. The summed E-state index contributed by atoms with van der Waals surface area (Å²) < 4.78 is 15.4. The number of benzene rings is 1. The summed E-state index contributed by atoms with van der Waals surface area (Å²) in [6.45, 7) is 6.18. The highest BCUT2D eigenvalue weighted by Gasteiger charge is 2.25. The molecule has 31 heavy (non-hydrogen) atoms. The fourth-order valence-electron chi connectivity index (χ4n) is 4.06. The predicted octanol–water partition coefficient (Wildman–Crippen LogP) is 4.35. The second-order valence-corrected chi connectivity index (χ2v) is 9.39. The first-order chi connectivity index (χ1) is 14.7. The molecule has 1 aliphatic rings. The van der Waals surface area contributed by atoms with Crippen LogP contribution in [0.15, 0.2) is 42.6 Å². The zero-order valence-corrected chi connectivity index (χ0v) is 18.3. The Morgan fingerprint density at radius 1 is 1.13 bits per heavy atom. The third-order valence-electron chi connectivity index (χ3n) is 5.61. The van der Waals surface area contributed by atoms with E-state index in [0.29, 0.717) is 16.9 Å². The van der Waals surface area contributed by atoms with Gasteiger partial charge in [-0.2, -0.15) is 0 Å². The lowest BCUT2D eigenvalue weighted by atomic mass is 9.91. The molecule has 1 aliphatic carbocycles. The topological polar surface area (TPSA) is 84.5 Å². The Labute approximate surface area is 182 Å². The first-order valence-electron chi connectivity index (χ1n) is 10.8. The summed E-state index contributed by atoms with van der Waals surface area (Å²) in [5, 5.41) is 6.65. The van der Waals surface area contributed by atoms with E-state index in [1.807, 2.05) is 16.7 Å². The van der Waals surface area contributed by atoms with Crippen molar-refractivity contribution in [1.82, 2.24) is 14.7 Å². The Balaban J connectivity index is 1.75. The quantitative estimate of drug-likeness (QED) is 0.582. The van der Waals surface area contributed by atoms with Crippen molar-refractivity contribution in [3.05, 3.63) is 54.0 Å². The van der Waals surface area contributed by atoms with E-state index in [2.05, 4.69) is 31.4 Å². The smallest absolute Gasteiger partial charge is 0.255 e. The van der Waals surface area contributed by atoms with E-state index >= 15 is 0 Å². The number of pyridine rings is 1. The van der Waals surface area contributed by atoms with Crippen LogP contribution in [0.4, 0.5) is 10.2 Å². The average molecular weight is 424 g/mol. The molecular weight excluding hydrogens is 393 g/mol. The van der Waals surface area contributed by atoms with Gasteiger partial charge in [0.2, 0.25) is 0 Å². The standard InChI is InChI=1S/C24H30FN5O/c1-24(2,3)29-22-20(15-6-8-16(25)9-7-15)28-21-19(5-4-14-30(21)22)23(31)27-18-12-10-17(26)11-13-18/h4-9,14,17-18,29H,10-13,26H2,1-3H3,(H,27,31). The van der Waals surface area contributed by atoms with Crippen LogP contribution in [0.2, 0.25) is 0 Å². The van der Waals surface area contributed by atoms with Crippen molar-refractivity contribution in [3.8, 4) is 11.3 Å². The van der Waals surface area contributed by atoms with Gasteiger partial charge >= 0.3 is 0 Å². The van der Waals surface area contributed by atoms with E-state index in [9.17, 15) is 9.18 Å². The second kappa shape index (κ2) is 8.30. The van der Waals surface area contributed by atoms with Crippen LogP contribution in [-0.4, -0.2) is 32.9 Å². The SMILES string of the molecule is CC(C)(C)Nc1c(-c2ccc(F)cc2)nc2c(C(=O)NC3CCC(N)CC3)cccn12. The van der Waals surface area contributed by atoms with Crippen LogP contribution in [0.5, 0.6) is 0 Å². The zero-order chi connectivity index (χ0) is 22.2. The number of nitrogens with one attached hydrogen (secondary N) is 2. The molecule has 0 unspecified atom stereocenters. The molecule has 0 saturated heterocycles. The minimum absolute atomic E-state index is 0.131. The molecule has 0 atom stereocenters. The van der Waals surface area contributed by atoms with Crippen molar-refractivity contribution in [1.29, 1.82) is 0 Å². The molecular formula is C24H30FN5O. The summed E-state index contributed by atoms with van der Waals surface area (Å²) in [6, 6.07) is 10.2. The van der Waals surface area contributed by atoms with Gasteiger partial charge in [0.1, 0.15) is 17.3 Å². The molecule has 1 amide bonds. The lowest BCUT2D eigenvalue weighted by Crippen LogP contribution is -2.40. The van der Waals surface area contributed by atoms with Crippen molar-refractivity contribution in [2.75, 3.05) is 5.32 Å². The molecule has 164 valence electrons. The van der Waals surface area contributed by atoms with Gasteiger partial charge in [-0.3, -0.25) is 9.20 Å². The van der Waals surface area contributed by atoms with E-state index in [1.165, 1.54) is 12.1 Å². The monoisotopic (exact) mass is 423 g/mol. The highest BCUT2D eigenvalue weighted by molar-refractivity contribution is 6.01. The molecule has 0 spiro atoms. The number of hydrogen-bond donors (Lipinski definition) is 3. The van der Waals surface area contributed by atoms with E-state index in [0.717, 1.165) is 37.1 Å². The van der Waals surface area contributed by atoms with Gasteiger partial charge in [0.25, 0.3) is 5.91 Å². The van der Waals surface area contributed by atoms with Gasteiger partial charge in [-0.1, -0.05) is 0 Å². The van der Waals surface area contributed by atoms with Crippen LogP contribution in [0.3, 0.4) is 0 Å². The Morgan fingerprint density at radius 3 is 2.45 bits per heavy atom. The molecule has 2 aromatic heterocycles. The maximum absolute atomic E-state index is 13.5. The van der Waals surface area contributed by atoms with Gasteiger partial charge < -0.3 is 16.4 Å². The van der Waals surface area contributed by atoms with E-state index in [-0.39, 0.29) is 29.3 Å². The number of rotatable bonds is 4. The zero-order valence-electron chi connectivity index (χ0n) is 18.3. The Hall–Kier alpha value is -2.93. The second-order valence-electron chi connectivity index (χ2n) is 9.39. The first kappa shape index (κ1) is 21.3. The van der Waals surface area contributed by atoms with Gasteiger partial charge in [0.15, 0.2) is 5.65 Å². The van der Waals surface area contributed by atoms with Crippen molar-refractivity contribution in [2.24, 2.45) is 5.73 Å². The number of aromatic nitrogens is 2. The summed E-state index contributed by atoms with van der Waals surface area (Å²) >= 11 is 0. The van der Waals surface area contributed by atoms with Gasteiger partial charge in [0.05, 0.1) is 5.56 Å². The Bertz CT molecular complexity index is 1080. The molecule has 0 bridgehead atoms. The van der Waals surface area contributed by atoms with Crippen LogP contribution in [0.1, 0.15) is 56.8 Å². The highest BCUT2D eigenvalue weighted by atomic mass is 19.1. The number of carbonyl (C=O) groups excluding carboxylic acids is 1. The minimum Gasteiger partial charge on any atom is -0.365 e. The third-order valence-corrected chi connectivity index (χ3v) is 5.61. The lowest BCUT2D eigenvalue weighted by molar-refractivity contribution is 0.0927. The summed E-state index contributed by atoms with van der Waals surface area (Å²) in [5.41, 5.74) is 8.30. The van der Waals surface area contributed by atoms with Gasteiger partial charge in [-0.15, -0.1) is 0 Å². The number of amides is 1. The van der Waals surface area contributed by atoms with Crippen LogP contribution in [0, 0.1) is 5.82 Å². The van der Waals surface area contributed by atoms with Crippen molar-refractivity contribution in [2.45, 2.75) is 64.1 Å². The summed E-state index contributed by atoms with van der Waals surface area (Å²) in [4.78, 5) is 17.9. The number of imidazole rings is 1. The van der Waals surface area contributed by atoms with Crippen LogP contribution >= 0.6 is 0 Å². The molecule has 0 aliphatic heterocycles. The summed E-state index contributed by atoms with van der Waals surface area (Å²) in [7, 11) is 0. The van der Waals surface area contributed by atoms with Crippen molar-refractivity contribution < 1.29 is 9.18 Å². The van der Waals surface area contributed by atoms with Crippen LogP contribution < -0.4 is 16.4 Å². The number of anilines is 1. The van der Waals surface area contributed by atoms with E-state index in [4.69, 9.17) is 10.7 Å². The largest absolute Gasteiger partial charge is 0.365 e. The van der Waals surface area contributed by atoms with Gasteiger partial charge in [-0.05, 0) is 82.9 Å². The number of fused-ring (bicyclic) bond motifs is 1. The van der Waals surface area contributed by atoms with Gasteiger partial charge in [0, 0.05) is 29.4 Å². The molecule has 4 N–H and O–H groups in total. The Kier molecular flexibility index (Phi) is 5.71. The fraction of sp³-hybridized carbons (Fsp3) is 0.417. The molecule has 7 heteroatoms. The summed E-state index contributed by atoms with van der Waals surface area (Å²) in [5.74, 6) is 0.335. The van der Waals surface area contributed by atoms with E-state index in [1.54, 1.807) is 18.2 Å². The third kappa shape index (κ3) is 4.71. The number of nitrogens with two attached hydrogens (primary N) is 1. The average Bonchev–Trinajstić information content (AvgIpc) is 3.07. The predicted molar refractivity (Wildman–Crippen MR) is 122 cm³/mol. The normalized spacial score (nSPS) is 19.4. The molecule has 1 fully saturated rings. The molecule has 3 aromatic rings. The fourth-order valence-corrected chi connectivity index (χ4v) is 4.06. The van der Waals surface area contributed by atoms with Crippen LogP contribution in [-0.2, 0) is 0 Å². The number of hydrogen-bond acceptors (Lipinski definition) is 4. The number of nitrogens with zero attached hydrogens (tertiary/aromatic N) is 2. The minimum atomic E-state index is -0.301. The molecule has 1 aromatic carbocycles. The molecule has 6 nitrogen and oxygen atoms in total. The van der Waals surface area contributed by atoms with Crippen molar-refractivity contribution in [3.63, 3.8) is 0 Å². The molecule has 4 rings (SSSR count). The molecule has 1 saturated carbocycles. The first-order valence-corrected chi connectivity index (χ1v) is 10.8. The van der Waals surface area contributed by atoms with Crippen molar-refractivity contribution >= 4 is 17.4 Å². The van der Waals surface area contributed by atoms with Gasteiger partial charge in [-0.25, -0.2) is 9.37 Å². The van der Waals surface area contributed by atoms with Crippen LogP contribution in [0.25, 0.3) is 16.9 Å². The molecule has 2 heterocycles. The number of halogens is 1. The maximum Gasteiger partial charge on any atom is 0.255 e. The molecule has 0 radical (unpaired) electrons. The maximum atomic E-state index is 13.5. The number of carbonyl (C=O) groups is 1. The van der Waals surface area contributed by atoms with E-state index < -0.39 is 0 Å². The summed E-state index contributed by atoms with van der Waals surface area (Å²) in [6.07, 6.45) is 5.52. The highest BCUT2D eigenvalue weighted by Crippen LogP contribution is 2.32. The Morgan fingerprint density at radius 2 is 1.81 bits per heavy atom.